The molecule has 8 heteroatoms. The predicted octanol–water partition coefficient (Wildman–Crippen LogP) is 6.31. The van der Waals surface area contributed by atoms with Crippen molar-refractivity contribution in [3.8, 4) is 11.3 Å². The van der Waals surface area contributed by atoms with E-state index in [0.717, 1.165) is 29.7 Å². The molecule has 0 bridgehead atoms. The molecule has 0 radical (unpaired) electrons. The monoisotopic (exact) mass is 472 g/mol. The number of nitrogens with zero attached hydrogens (tertiary/aromatic N) is 1. The number of rotatable bonds is 5. The zero-order chi connectivity index (χ0) is 23.0. The van der Waals surface area contributed by atoms with Crippen LogP contribution in [-0.4, -0.2) is 23.1 Å². The van der Waals surface area contributed by atoms with Crippen LogP contribution in [0.25, 0.3) is 11.3 Å². The Morgan fingerprint density at radius 1 is 1.28 bits per heavy atom. The van der Waals surface area contributed by atoms with E-state index in [1.807, 2.05) is 26.0 Å². The van der Waals surface area contributed by atoms with Crippen LogP contribution in [0.3, 0.4) is 0 Å². The third kappa shape index (κ3) is 4.32. The van der Waals surface area contributed by atoms with Crippen molar-refractivity contribution in [2.45, 2.75) is 53.1 Å². The summed E-state index contributed by atoms with van der Waals surface area (Å²) in [4.78, 5) is 27.4. The Hall–Kier alpha value is -2.64. The molecule has 1 aromatic carbocycles. The van der Waals surface area contributed by atoms with Gasteiger partial charge in [0.15, 0.2) is 0 Å². The maximum atomic E-state index is 13.4. The first-order valence-corrected chi connectivity index (χ1v) is 11.8. The van der Waals surface area contributed by atoms with Gasteiger partial charge in [-0.3, -0.25) is 4.79 Å². The van der Waals surface area contributed by atoms with E-state index in [0.29, 0.717) is 44.1 Å². The number of thiophene rings is 1. The number of aryl methyl sites for hydroxylation is 1. The van der Waals surface area contributed by atoms with E-state index in [9.17, 15) is 9.59 Å². The summed E-state index contributed by atoms with van der Waals surface area (Å²) in [5, 5.41) is 7.99. The molecule has 1 N–H and O–H groups in total. The molecule has 2 aromatic heterocycles. The van der Waals surface area contributed by atoms with Gasteiger partial charge in [0.05, 0.1) is 16.7 Å². The molecule has 3 aromatic rings. The largest absolute Gasteiger partial charge is 0.459 e. The summed E-state index contributed by atoms with van der Waals surface area (Å²) in [7, 11) is 0. The molecule has 0 saturated carbocycles. The third-order valence-electron chi connectivity index (χ3n) is 5.50. The number of nitrogens with one attached hydrogen (secondary N) is 1. The Kier molecular flexibility index (Phi) is 6.40. The highest BCUT2D eigenvalue weighted by Gasteiger charge is 2.31. The number of halogens is 1. The maximum absolute atomic E-state index is 13.4. The molecular weight excluding hydrogens is 448 g/mol. The fourth-order valence-corrected chi connectivity index (χ4v) is 5.59. The molecule has 6 nitrogen and oxygen atoms in total. The second-order valence-corrected chi connectivity index (χ2v) is 9.92. The summed E-state index contributed by atoms with van der Waals surface area (Å²) in [6, 6.07) is 7.15. The van der Waals surface area contributed by atoms with Gasteiger partial charge in [0, 0.05) is 10.4 Å². The van der Waals surface area contributed by atoms with Crippen molar-refractivity contribution in [1.82, 2.24) is 5.16 Å². The van der Waals surface area contributed by atoms with Gasteiger partial charge in [-0.15, -0.1) is 11.3 Å². The molecule has 0 aliphatic heterocycles. The minimum absolute atomic E-state index is 0.253. The predicted molar refractivity (Wildman–Crippen MR) is 126 cm³/mol. The Balaban J connectivity index is 1.73. The first-order valence-electron chi connectivity index (χ1n) is 10.6. The number of ether oxygens (including phenoxy) is 1. The number of hydrogen-bond donors (Lipinski definition) is 1. The fourth-order valence-electron chi connectivity index (χ4n) is 3.97. The first-order chi connectivity index (χ1) is 15.3. The smallest absolute Gasteiger partial charge is 0.341 e. The van der Waals surface area contributed by atoms with Crippen LogP contribution < -0.4 is 5.32 Å². The maximum Gasteiger partial charge on any atom is 0.341 e. The second-order valence-electron chi connectivity index (χ2n) is 8.41. The molecule has 1 atom stereocenters. The van der Waals surface area contributed by atoms with E-state index in [4.69, 9.17) is 20.9 Å². The summed E-state index contributed by atoms with van der Waals surface area (Å²) in [5.74, 6) is 0.101. The molecule has 168 valence electrons. The number of fused-ring (bicyclic) bond motifs is 1. The molecule has 4 rings (SSSR count). The highest BCUT2D eigenvalue weighted by Crippen LogP contribution is 2.41. The Morgan fingerprint density at radius 3 is 2.75 bits per heavy atom. The van der Waals surface area contributed by atoms with Crippen LogP contribution in [-0.2, 0) is 17.6 Å². The fraction of sp³-hybridized carbons (Fsp3) is 0.375. The van der Waals surface area contributed by atoms with E-state index in [2.05, 4.69) is 17.4 Å². The van der Waals surface area contributed by atoms with Crippen LogP contribution in [0.5, 0.6) is 0 Å². The second kappa shape index (κ2) is 9.08. The molecule has 2 heterocycles. The van der Waals surface area contributed by atoms with Crippen LogP contribution >= 0.6 is 22.9 Å². The minimum Gasteiger partial charge on any atom is -0.459 e. The van der Waals surface area contributed by atoms with Crippen LogP contribution in [0.2, 0.25) is 5.02 Å². The lowest BCUT2D eigenvalue weighted by Gasteiger charge is -2.18. The van der Waals surface area contributed by atoms with E-state index in [1.165, 1.54) is 11.3 Å². The topological polar surface area (TPSA) is 81.4 Å². The SMILES string of the molecule is Cc1onc(-c2ccccc2Cl)c1C(=O)Nc1sc2c(c1C(=O)OC(C)C)CC[C@H](C)C2. The molecule has 0 unspecified atom stereocenters. The number of aromatic nitrogens is 1. The average molecular weight is 473 g/mol. The van der Waals surface area contributed by atoms with Crippen molar-refractivity contribution in [3.63, 3.8) is 0 Å². The molecule has 0 spiro atoms. The number of anilines is 1. The van der Waals surface area contributed by atoms with Crippen LogP contribution in [0.1, 0.15) is 64.1 Å². The van der Waals surface area contributed by atoms with Gasteiger partial charge in [-0.05, 0) is 57.6 Å². The molecule has 32 heavy (non-hydrogen) atoms. The van der Waals surface area contributed by atoms with Crippen molar-refractivity contribution < 1.29 is 18.8 Å². The lowest BCUT2D eigenvalue weighted by Crippen LogP contribution is -2.19. The van der Waals surface area contributed by atoms with Crippen LogP contribution in [0.15, 0.2) is 28.8 Å². The van der Waals surface area contributed by atoms with Gasteiger partial charge in [-0.2, -0.15) is 0 Å². The third-order valence-corrected chi connectivity index (χ3v) is 7.00. The van der Waals surface area contributed by atoms with Gasteiger partial charge < -0.3 is 14.6 Å². The minimum atomic E-state index is -0.407. The lowest BCUT2D eigenvalue weighted by atomic mass is 9.88. The van der Waals surface area contributed by atoms with Gasteiger partial charge in [0.2, 0.25) is 0 Å². The summed E-state index contributed by atoms with van der Waals surface area (Å²) >= 11 is 7.78. The Bertz CT molecular complexity index is 1180. The van der Waals surface area contributed by atoms with Gasteiger partial charge in [-0.1, -0.05) is 41.9 Å². The van der Waals surface area contributed by atoms with Crippen LogP contribution in [0, 0.1) is 12.8 Å². The van der Waals surface area contributed by atoms with E-state index >= 15 is 0 Å². The van der Waals surface area contributed by atoms with Gasteiger partial charge in [-0.25, -0.2) is 4.79 Å². The zero-order valence-electron chi connectivity index (χ0n) is 18.5. The molecule has 1 aliphatic rings. The first kappa shape index (κ1) is 22.6. The summed E-state index contributed by atoms with van der Waals surface area (Å²) < 4.78 is 10.8. The highest BCUT2D eigenvalue weighted by molar-refractivity contribution is 7.17. The van der Waals surface area contributed by atoms with Gasteiger partial charge in [0.1, 0.15) is 22.0 Å². The van der Waals surface area contributed by atoms with E-state index < -0.39 is 11.9 Å². The van der Waals surface area contributed by atoms with Gasteiger partial charge in [0.25, 0.3) is 5.91 Å². The number of hydrogen-bond acceptors (Lipinski definition) is 6. The molecular formula is C24H25ClN2O4S. The molecule has 0 saturated heterocycles. The highest BCUT2D eigenvalue weighted by atomic mass is 35.5. The van der Waals surface area contributed by atoms with Crippen molar-refractivity contribution in [3.05, 3.63) is 56.6 Å². The van der Waals surface area contributed by atoms with Crippen molar-refractivity contribution in [1.29, 1.82) is 0 Å². The molecule has 0 fully saturated rings. The Labute approximate surface area is 195 Å². The van der Waals surface area contributed by atoms with Crippen molar-refractivity contribution >= 4 is 39.8 Å². The number of carbonyl (C=O) groups excluding carboxylic acids is 2. The van der Waals surface area contributed by atoms with Gasteiger partial charge >= 0.3 is 5.97 Å². The van der Waals surface area contributed by atoms with E-state index in [1.54, 1.807) is 19.1 Å². The number of carbonyl (C=O) groups is 2. The molecule has 1 aliphatic carbocycles. The zero-order valence-corrected chi connectivity index (χ0v) is 20.0. The normalized spacial score (nSPS) is 15.5. The Morgan fingerprint density at radius 2 is 2.03 bits per heavy atom. The number of benzene rings is 1. The molecule has 1 amide bonds. The quantitative estimate of drug-likeness (QED) is 0.440. The summed E-state index contributed by atoms with van der Waals surface area (Å²) in [5.41, 5.74) is 2.72. The average Bonchev–Trinajstić information content (AvgIpc) is 3.27. The number of esters is 1. The summed E-state index contributed by atoms with van der Waals surface area (Å²) in [6.45, 7) is 7.50. The van der Waals surface area contributed by atoms with E-state index in [-0.39, 0.29) is 6.10 Å². The summed E-state index contributed by atoms with van der Waals surface area (Å²) in [6.07, 6.45) is 2.43. The lowest BCUT2D eigenvalue weighted by molar-refractivity contribution is 0.0378. The standard InChI is InChI=1S/C24H25ClN2O4S/c1-12(2)30-24(29)20-16-10-9-13(3)11-18(16)32-23(20)26-22(28)19-14(4)31-27-21(19)15-7-5-6-8-17(15)25/h5-8,12-13H,9-11H2,1-4H3,(H,26,28)/t13-/m0/s1. The van der Waals surface area contributed by atoms with Crippen LogP contribution in [0.4, 0.5) is 5.00 Å². The van der Waals surface area contributed by atoms with Crippen molar-refractivity contribution in [2.24, 2.45) is 5.92 Å². The number of amides is 1. The van der Waals surface area contributed by atoms with Crippen molar-refractivity contribution in [2.75, 3.05) is 5.32 Å².